The summed E-state index contributed by atoms with van der Waals surface area (Å²) in [5.74, 6) is 4.80. The highest BCUT2D eigenvalue weighted by Gasteiger charge is 2.61. The van der Waals surface area contributed by atoms with Crippen LogP contribution in [0.5, 0.6) is 23.0 Å². The number of ether oxygens (including phenoxy) is 2. The molecule has 10 atom stereocenters. The lowest BCUT2D eigenvalue weighted by atomic mass is 9.44. The van der Waals surface area contributed by atoms with E-state index in [1.54, 1.807) is 30.3 Å². The largest absolute Gasteiger partial charge is 0.508 e. The van der Waals surface area contributed by atoms with Gasteiger partial charge in [-0.2, -0.15) is 0 Å². The first kappa shape index (κ1) is 39.6. The number of ketones is 1. The zero-order valence-electron chi connectivity index (χ0n) is 35.0. The van der Waals surface area contributed by atoms with Gasteiger partial charge in [-0.15, -0.1) is 0 Å². The van der Waals surface area contributed by atoms with Crippen LogP contribution in [0.15, 0.2) is 54.6 Å². The number of carbonyl (C=O) groups is 2. The number of hydrogen-bond acceptors (Lipinski definition) is 8. The molecule has 4 saturated carbocycles. The molecule has 0 aromatic heterocycles. The fourth-order valence-electron chi connectivity index (χ4n) is 14.2. The van der Waals surface area contributed by atoms with E-state index in [4.69, 9.17) is 15.2 Å². The molecule has 3 aromatic rings. The first-order valence-corrected chi connectivity index (χ1v) is 22.6. The molecular formula is C50H64N2O6. The van der Waals surface area contributed by atoms with Crippen LogP contribution in [0.3, 0.4) is 0 Å². The highest BCUT2D eigenvalue weighted by Crippen LogP contribution is 2.68. The minimum Gasteiger partial charge on any atom is -0.508 e. The molecule has 5 N–H and O–H groups in total. The number of benzene rings is 3. The van der Waals surface area contributed by atoms with Crippen molar-refractivity contribution >= 4 is 11.8 Å². The van der Waals surface area contributed by atoms with Crippen molar-refractivity contribution in [2.75, 3.05) is 6.54 Å². The van der Waals surface area contributed by atoms with Crippen molar-refractivity contribution in [3.05, 3.63) is 82.4 Å². The highest BCUT2D eigenvalue weighted by molar-refractivity contribution is 6.11. The van der Waals surface area contributed by atoms with Crippen LogP contribution in [0.2, 0.25) is 0 Å². The summed E-state index contributed by atoms with van der Waals surface area (Å²) < 4.78 is 12.6. The van der Waals surface area contributed by atoms with E-state index in [0.29, 0.717) is 63.5 Å². The van der Waals surface area contributed by atoms with Gasteiger partial charge in [0.25, 0.3) is 0 Å². The molecule has 0 radical (unpaired) electrons. The van der Waals surface area contributed by atoms with Crippen LogP contribution >= 0.6 is 0 Å². The average Bonchev–Trinajstić information content (AvgIpc) is 3.71. The van der Waals surface area contributed by atoms with Crippen LogP contribution in [-0.4, -0.2) is 40.6 Å². The van der Waals surface area contributed by atoms with Gasteiger partial charge in [-0.25, -0.2) is 4.79 Å². The maximum absolute atomic E-state index is 15.0. The number of hydrogen-bond donors (Lipinski definition) is 4. The van der Waals surface area contributed by atoms with Crippen LogP contribution in [0.4, 0.5) is 0 Å². The Morgan fingerprint density at radius 2 is 1.57 bits per heavy atom. The molecular weight excluding hydrogens is 725 g/mol. The van der Waals surface area contributed by atoms with E-state index in [1.165, 1.54) is 69.9 Å². The third kappa shape index (κ3) is 6.13. The molecule has 0 bridgehead atoms. The lowest BCUT2D eigenvalue weighted by molar-refractivity contribution is -0.118. The van der Waals surface area contributed by atoms with Gasteiger partial charge in [0, 0.05) is 40.4 Å². The molecule has 2 aliphatic heterocycles. The number of carbonyl (C=O) groups excluding carboxylic acids is 2. The lowest BCUT2D eigenvalue weighted by Crippen LogP contribution is -2.56. The summed E-state index contributed by atoms with van der Waals surface area (Å²) in [7, 11) is 0. The summed E-state index contributed by atoms with van der Waals surface area (Å²) >= 11 is 0. The first-order chi connectivity index (χ1) is 27.9. The average molecular weight is 789 g/mol. The van der Waals surface area contributed by atoms with E-state index in [0.717, 1.165) is 55.3 Å². The molecule has 310 valence electrons. The predicted octanol–water partition coefficient (Wildman–Crippen LogP) is 10.4. The van der Waals surface area contributed by atoms with Gasteiger partial charge in [-0.05, 0) is 148 Å². The topological polar surface area (TPSA) is 131 Å². The number of aromatic hydroxyl groups is 2. The third-order valence-electron chi connectivity index (χ3n) is 16.9. The summed E-state index contributed by atoms with van der Waals surface area (Å²) in [5, 5.41) is 24.7. The zero-order chi connectivity index (χ0) is 40.6. The first-order valence-electron chi connectivity index (χ1n) is 22.6. The fraction of sp³-hybridized carbons (Fsp3) is 0.600. The molecule has 3 aromatic carbocycles. The SMILES string of the molecule is CCC[C@@H](C)[C@H]1CCC2C3CCC4CC(N[C@@H](CCCCN)C(=O)c5cccc6c5C(=O)OC65c6ccc(O)cc6Oc6cc(O)ccc65)CC[C@]4(C)C3CC[C@@]21C. The summed E-state index contributed by atoms with van der Waals surface area (Å²) in [6.07, 6.45) is 16.5. The van der Waals surface area contributed by atoms with Gasteiger partial charge in [0.2, 0.25) is 0 Å². The Hall–Kier alpha value is -3.88. The number of phenolic OH excluding ortho intramolecular Hbond substituents is 2. The number of rotatable bonds is 11. The quantitative estimate of drug-likeness (QED) is 0.0858. The molecule has 9 rings (SSSR count). The molecule has 2 heterocycles. The zero-order valence-corrected chi connectivity index (χ0v) is 35.0. The standard InChI is InChI=1S/C50H64N2O6/c1-5-9-29(2)36-19-20-37-34-16-13-30-26-31(21-23-48(30,3)38(34)22-24-49(36,37)4)52-42(12-6-7-25-51)46(55)35-10-8-11-41-45(35)47(56)58-50(41)39-17-14-32(53)27-43(39)57-44-28-33(54)15-18-40(44)50/h8,10-11,14-15,17-18,27-31,34,36-38,42,52-54H,5-7,9,12-13,16,19-26,51H2,1-4H3/t29-,30?,31?,34?,36-,37?,38?,42+,48+,49-/m1/s1. The Labute approximate surface area is 344 Å². The maximum Gasteiger partial charge on any atom is 0.340 e. The van der Waals surface area contributed by atoms with E-state index in [9.17, 15) is 19.8 Å². The third-order valence-corrected chi connectivity index (χ3v) is 16.9. The Morgan fingerprint density at radius 1 is 0.862 bits per heavy atom. The molecule has 4 aliphatic carbocycles. The van der Waals surface area contributed by atoms with E-state index < -0.39 is 17.6 Å². The number of esters is 1. The summed E-state index contributed by atoms with van der Waals surface area (Å²) in [5.41, 5.74) is 7.63. The number of nitrogens with one attached hydrogen (secondary N) is 1. The van der Waals surface area contributed by atoms with Crippen LogP contribution in [0.25, 0.3) is 0 Å². The number of fused-ring (bicyclic) bond motifs is 11. The van der Waals surface area contributed by atoms with Gasteiger partial charge in [0.1, 0.15) is 23.0 Å². The van der Waals surface area contributed by atoms with Crippen molar-refractivity contribution in [2.45, 2.75) is 135 Å². The summed E-state index contributed by atoms with van der Waals surface area (Å²) in [4.78, 5) is 29.2. The molecule has 0 amide bonds. The van der Waals surface area contributed by atoms with Crippen molar-refractivity contribution in [1.29, 1.82) is 0 Å². The van der Waals surface area contributed by atoms with Crippen molar-refractivity contribution in [2.24, 2.45) is 52.1 Å². The molecule has 58 heavy (non-hydrogen) atoms. The van der Waals surface area contributed by atoms with Gasteiger partial charge < -0.3 is 30.7 Å². The van der Waals surface area contributed by atoms with E-state index in [-0.39, 0.29) is 28.9 Å². The monoisotopic (exact) mass is 788 g/mol. The summed E-state index contributed by atoms with van der Waals surface area (Å²) in [6, 6.07) is 14.6. The van der Waals surface area contributed by atoms with Crippen molar-refractivity contribution < 1.29 is 29.3 Å². The number of unbranched alkanes of at least 4 members (excludes halogenated alkanes) is 1. The predicted molar refractivity (Wildman–Crippen MR) is 225 cm³/mol. The minimum atomic E-state index is -1.42. The number of nitrogens with two attached hydrogens (primary N) is 1. The second-order valence-corrected chi connectivity index (χ2v) is 19.8. The lowest BCUT2D eigenvalue weighted by Gasteiger charge is -2.61. The van der Waals surface area contributed by atoms with Gasteiger partial charge in [-0.1, -0.05) is 65.2 Å². The Bertz CT molecular complexity index is 2030. The fourth-order valence-corrected chi connectivity index (χ4v) is 14.2. The van der Waals surface area contributed by atoms with Gasteiger partial charge in [0.05, 0.1) is 11.6 Å². The summed E-state index contributed by atoms with van der Waals surface area (Å²) in [6.45, 7) is 10.8. The Morgan fingerprint density at radius 3 is 2.28 bits per heavy atom. The Kier molecular flexibility index (Phi) is 10.2. The molecule has 4 fully saturated rings. The Balaban J connectivity index is 0.977. The second kappa shape index (κ2) is 15.0. The molecule has 0 saturated heterocycles. The molecule has 6 aliphatic rings. The molecule has 8 heteroatoms. The number of phenols is 2. The maximum atomic E-state index is 15.0. The van der Waals surface area contributed by atoms with Crippen LogP contribution in [-0.2, 0) is 10.3 Å². The van der Waals surface area contributed by atoms with Crippen molar-refractivity contribution in [1.82, 2.24) is 5.32 Å². The van der Waals surface area contributed by atoms with Gasteiger partial charge in [-0.3, -0.25) is 4.79 Å². The molecule has 1 spiro atoms. The minimum absolute atomic E-state index is 0.00500. The highest BCUT2D eigenvalue weighted by atomic mass is 16.6. The second-order valence-electron chi connectivity index (χ2n) is 19.8. The van der Waals surface area contributed by atoms with E-state index in [1.807, 2.05) is 12.1 Å². The molecule has 5 unspecified atom stereocenters. The van der Waals surface area contributed by atoms with E-state index >= 15 is 0 Å². The van der Waals surface area contributed by atoms with Crippen LogP contribution in [0.1, 0.15) is 155 Å². The van der Waals surface area contributed by atoms with Gasteiger partial charge in [0.15, 0.2) is 11.4 Å². The number of Topliss-reactive ketones (excluding diaryl/α,β-unsaturated/α-hetero) is 1. The smallest absolute Gasteiger partial charge is 0.340 e. The molecule has 8 nitrogen and oxygen atoms in total. The van der Waals surface area contributed by atoms with Gasteiger partial charge >= 0.3 is 5.97 Å². The van der Waals surface area contributed by atoms with Crippen molar-refractivity contribution in [3.63, 3.8) is 0 Å². The van der Waals surface area contributed by atoms with E-state index in [2.05, 4.69) is 33.0 Å². The van der Waals surface area contributed by atoms with Crippen LogP contribution in [0, 0.1) is 46.3 Å². The normalized spacial score (nSPS) is 32.4. The van der Waals surface area contributed by atoms with Crippen molar-refractivity contribution in [3.8, 4) is 23.0 Å². The van der Waals surface area contributed by atoms with Crippen LogP contribution < -0.4 is 15.8 Å².